The fourth-order valence-corrected chi connectivity index (χ4v) is 1.35. The van der Waals surface area contributed by atoms with E-state index in [1.807, 2.05) is 5.48 Å². The van der Waals surface area contributed by atoms with E-state index in [1.54, 1.807) is 6.07 Å². The van der Waals surface area contributed by atoms with Crippen molar-refractivity contribution >= 4 is 17.3 Å². The molecule has 22 heavy (non-hydrogen) atoms. The van der Waals surface area contributed by atoms with Crippen LogP contribution in [0.15, 0.2) is 48.5 Å². The second kappa shape index (κ2) is 9.43. The third-order valence-corrected chi connectivity index (χ3v) is 2.30. The van der Waals surface area contributed by atoms with Crippen molar-refractivity contribution in [1.82, 2.24) is 0 Å². The maximum atomic E-state index is 12.5. The molecule has 0 saturated heterocycles. The predicted octanol–water partition coefficient (Wildman–Crippen LogP) is 3.83. The molecular weight excluding hydrogens is 294 g/mol. The Hall–Kier alpha value is -2.51. The highest BCUT2D eigenvalue weighted by Gasteiger charge is 2.07. The largest absolute Gasteiger partial charge is 0.291 e. The van der Waals surface area contributed by atoms with Gasteiger partial charge in [0.25, 0.3) is 0 Å². The number of hydrogen-bond acceptors (Lipinski definition) is 4. The first kappa shape index (κ1) is 19.5. The molecule has 0 unspecified atom stereocenters. The van der Waals surface area contributed by atoms with Crippen LogP contribution in [0.3, 0.4) is 0 Å². The van der Waals surface area contributed by atoms with Crippen molar-refractivity contribution in [3.8, 4) is 0 Å². The highest BCUT2D eigenvalue weighted by atomic mass is 19.1. The zero-order chi connectivity index (χ0) is 15.8. The molecule has 5 nitrogen and oxygen atoms in total. The van der Waals surface area contributed by atoms with Gasteiger partial charge >= 0.3 is 0 Å². The van der Waals surface area contributed by atoms with Crippen molar-refractivity contribution in [2.24, 2.45) is 0 Å². The van der Waals surface area contributed by atoms with Crippen LogP contribution in [0, 0.1) is 11.6 Å². The second-order valence-corrected chi connectivity index (χ2v) is 3.93. The van der Waals surface area contributed by atoms with E-state index in [-0.39, 0.29) is 18.9 Å². The molecule has 1 amide bonds. The Morgan fingerprint density at radius 1 is 1.09 bits per heavy atom. The normalized spacial score (nSPS) is 8.95. The Bertz CT molecular complexity index is 609. The number of hydroxylamine groups is 1. The Labute approximate surface area is 127 Å². The molecule has 0 heterocycles. The Morgan fingerprint density at radius 2 is 1.64 bits per heavy atom. The smallest absolute Gasteiger partial charge is 0.247 e. The van der Waals surface area contributed by atoms with Crippen LogP contribution in [0.1, 0.15) is 14.4 Å². The fourth-order valence-electron chi connectivity index (χ4n) is 1.35. The lowest BCUT2D eigenvalue weighted by molar-refractivity contribution is -0.121. The summed E-state index contributed by atoms with van der Waals surface area (Å²) in [6, 6.07) is 10.7. The van der Waals surface area contributed by atoms with Crippen LogP contribution in [-0.4, -0.2) is 16.3 Å². The Kier molecular flexibility index (Phi) is 8.35. The van der Waals surface area contributed by atoms with Gasteiger partial charge < -0.3 is 0 Å². The summed E-state index contributed by atoms with van der Waals surface area (Å²) in [6.07, 6.45) is 0. The first-order valence-electron chi connectivity index (χ1n) is 5.85. The molecular formula is C15H18F2N2O3. The molecule has 0 atom stereocenters. The molecule has 7 heteroatoms. The molecule has 2 rings (SSSR count). The van der Waals surface area contributed by atoms with Gasteiger partial charge in [-0.1, -0.05) is 19.6 Å². The van der Waals surface area contributed by atoms with Crippen LogP contribution < -0.4 is 10.5 Å². The summed E-state index contributed by atoms with van der Waals surface area (Å²) in [4.78, 5) is 10.6. The summed E-state index contributed by atoms with van der Waals surface area (Å²) in [6.45, 7) is 1.19. The second-order valence-electron chi connectivity index (χ2n) is 3.93. The minimum Gasteiger partial charge on any atom is -0.291 e. The standard InChI is InChI=1S/C8H8FNO2.C6H6FNO.CH4/c1-6(11)10(12)8-4-2-3-7(9)5-8;7-5-2-1-3-6(4-5)8-9;/h2-5,12H,1H3;1-4,8-9H;1H4. The predicted molar refractivity (Wildman–Crippen MR) is 79.9 cm³/mol. The molecule has 0 aliphatic heterocycles. The molecule has 2 aromatic rings. The van der Waals surface area contributed by atoms with E-state index in [0.717, 1.165) is 6.07 Å². The molecule has 0 aromatic heterocycles. The third kappa shape index (κ3) is 6.29. The monoisotopic (exact) mass is 312 g/mol. The van der Waals surface area contributed by atoms with Crippen LogP contribution in [0.25, 0.3) is 0 Å². The lowest BCUT2D eigenvalue weighted by atomic mass is 10.3. The minimum absolute atomic E-state index is 0. The maximum absolute atomic E-state index is 12.5. The zero-order valence-corrected chi connectivity index (χ0v) is 11.1. The average molecular weight is 312 g/mol. The van der Waals surface area contributed by atoms with E-state index in [1.165, 1.54) is 43.3 Å². The topological polar surface area (TPSA) is 72.8 Å². The van der Waals surface area contributed by atoms with Gasteiger partial charge in [0.15, 0.2) is 0 Å². The summed E-state index contributed by atoms with van der Waals surface area (Å²) in [5.74, 6) is -1.41. The van der Waals surface area contributed by atoms with Crippen molar-refractivity contribution < 1.29 is 24.0 Å². The molecule has 2 aromatic carbocycles. The molecule has 0 aliphatic rings. The van der Waals surface area contributed by atoms with Gasteiger partial charge in [-0.05, 0) is 30.3 Å². The van der Waals surface area contributed by atoms with E-state index < -0.39 is 11.7 Å². The first-order valence-corrected chi connectivity index (χ1v) is 5.85. The van der Waals surface area contributed by atoms with Gasteiger partial charge in [-0.3, -0.25) is 20.7 Å². The molecule has 0 fully saturated rings. The van der Waals surface area contributed by atoms with Crippen LogP contribution >= 0.6 is 0 Å². The average Bonchev–Trinajstić information content (AvgIpc) is 2.47. The SMILES string of the molecule is C.CC(=O)N(O)c1cccc(F)c1.ONc1cccc(F)c1. The number of carbonyl (C=O) groups is 1. The van der Waals surface area contributed by atoms with Crippen molar-refractivity contribution in [2.75, 3.05) is 10.5 Å². The number of benzene rings is 2. The lowest BCUT2D eigenvalue weighted by Crippen LogP contribution is -2.23. The molecule has 0 radical (unpaired) electrons. The van der Waals surface area contributed by atoms with Gasteiger partial charge in [0.05, 0.1) is 11.4 Å². The van der Waals surface area contributed by atoms with Gasteiger partial charge in [0, 0.05) is 13.0 Å². The quantitative estimate of drug-likeness (QED) is 0.582. The number of halogens is 2. The summed E-state index contributed by atoms with van der Waals surface area (Å²) in [5.41, 5.74) is 2.31. The Balaban J connectivity index is 0.000000397. The Morgan fingerprint density at radius 3 is 2.05 bits per heavy atom. The van der Waals surface area contributed by atoms with Gasteiger partial charge in [-0.25, -0.2) is 8.78 Å². The molecule has 0 spiro atoms. The molecule has 120 valence electrons. The molecule has 0 saturated carbocycles. The fraction of sp³-hybridized carbons (Fsp3) is 0.133. The van der Waals surface area contributed by atoms with Crippen LogP contribution in [0.4, 0.5) is 20.2 Å². The number of anilines is 2. The number of rotatable bonds is 2. The number of carbonyl (C=O) groups excluding carboxylic acids is 1. The highest BCUT2D eigenvalue weighted by Crippen LogP contribution is 2.13. The van der Waals surface area contributed by atoms with E-state index in [0.29, 0.717) is 10.8 Å². The number of hydrogen-bond donors (Lipinski definition) is 3. The van der Waals surface area contributed by atoms with E-state index in [2.05, 4.69) is 0 Å². The number of nitrogens with zero attached hydrogens (tertiary/aromatic N) is 1. The van der Waals surface area contributed by atoms with Crippen LogP contribution in [0.5, 0.6) is 0 Å². The van der Waals surface area contributed by atoms with Crippen LogP contribution in [0.2, 0.25) is 0 Å². The van der Waals surface area contributed by atoms with Crippen LogP contribution in [-0.2, 0) is 4.79 Å². The van der Waals surface area contributed by atoms with Crippen molar-refractivity contribution in [3.05, 3.63) is 60.2 Å². The van der Waals surface area contributed by atoms with E-state index in [4.69, 9.17) is 10.4 Å². The van der Waals surface area contributed by atoms with Crippen molar-refractivity contribution in [1.29, 1.82) is 0 Å². The zero-order valence-electron chi connectivity index (χ0n) is 11.1. The van der Waals surface area contributed by atoms with E-state index in [9.17, 15) is 13.6 Å². The minimum atomic E-state index is -0.555. The van der Waals surface area contributed by atoms with Crippen molar-refractivity contribution in [3.63, 3.8) is 0 Å². The van der Waals surface area contributed by atoms with Gasteiger partial charge in [-0.2, -0.15) is 5.06 Å². The summed E-state index contributed by atoms with van der Waals surface area (Å²) < 4.78 is 24.7. The maximum Gasteiger partial charge on any atom is 0.247 e. The van der Waals surface area contributed by atoms with E-state index >= 15 is 0 Å². The number of nitrogens with one attached hydrogen (secondary N) is 1. The summed E-state index contributed by atoms with van der Waals surface area (Å²) in [7, 11) is 0. The third-order valence-electron chi connectivity index (χ3n) is 2.30. The van der Waals surface area contributed by atoms with Crippen molar-refractivity contribution in [2.45, 2.75) is 14.4 Å². The highest BCUT2D eigenvalue weighted by molar-refractivity contribution is 5.88. The molecule has 0 bridgehead atoms. The molecule has 0 aliphatic carbocycles. The van der Waals surface area contributed by atoms with Gasteiger partial charge in [0.1, 0.15) is 11.6 Å². The first-order chi connectivity index (χ1) is 9.93. The van der Waals surface area contributed by atoms with Gasteiger partial charge in [-0.15, -0.1) is 0 Å². The lowest BCUT2D eigenvalue weighted by Gasteiger charge is -2.11. The summed E-state index contributed by atoms with van der Waals surface area (Å²) >= 11 is 0. The summed E-state index contributed by atoms with van der Waals surface area (Å²) in [5, 5.41) is 17.7. The van der Waals surface area contributed by atoms with Gasteiger partial charge in [0.2, 0.25) is 5.91 Å². The number of amides is 1. The molecule has 3 N–H and O–H groups in total.